The second-order valence-corrected chi connectivity index (χ2v) is 7.87. The largest absolute Gasteiger partial charge is 1.00 e. The normalized spacial score (nSPS) is 20.2. The molecular formula is C21H24INO4. The molecule has 0 aromatic heterocycles. The standard InChI is InChI=1S/C21H24NO4.HI/c1-22(2)8-7-13-10-16-21(26-11-25-16)19-17(13)14(22)9-12-5-6-15(23-3)20(24-4)18(12)19;/h5-6,10,14H,7-9,11H2,1-4H3;1H/q+1;/p-1/t14-;/m0./s1. The molecule has 2 aromatic carbocycles. The number of nitrogens with zero attached hydrogens (tertiary/aromatic N) is 1. The highest BCUT2D eigenvalue weighted by molar-refractivity contribution is 5.88. The number of likely N-dealkylation sites (N-methyl/N-ethyl adjacent to an activating group) is 1. The first-order valence-corrected chi connectivity index (χ1v) is 9.07. The molecule has 0 fully saturated rings. The second-order valence-electron chi connectivity index (χ2n) is 7.87. The van der Waals surface area contributed by atoms with Gasteiger partial charge in [0, 0.05) is 29.5 Å². The number of ether oxygens (including phenoxy) is 4. The van der Waals surface area contributed by atoms with E-state index in [2.05, 4.69) is 26.2 Å². The van der Waals surface area contributed by atoms with Gasteiger partial charge in [-0.15, -0.1) is 0 Å². The number of quaternary nitrogens is 1. The van der Waals surface area contributed by atoms with Crippen molar-refractivity contribution in [1.82, 2.24) is 0 Å². The molecule has 5 rings (SSSR count). The van der Waals surface area contributed by atoms with Crippen LogP contribution in [0.25, 0.3) is 11.1 Å². The lowest BCUT2D eigenvalue weighted by Crippen LogP contribution is -3.00. The lowest BCUT2D eigenvalue weighted by Gasteiger charge is -2.46. The number of rotatable bonds is 2. The van der Waals surface area contributed by atoms with Crippen LogP contribution in [0.4, 0.5) is 0 Å². The van der Waals surface area contributed by atoms with E-state index in [0.717, 1.165) is 58.0 Å². The molecule has 0 amide bonds. The summed E-state index contributed by atoms with van der Waals surface area (Å²) < 4.78 is 24.1. The van der Waals surface area contributed by atoms with Gasteiger partial charge in [0.25, 0.3) is 0 Å². The Kier molecular flexibility index (Phi) is 4.46. The van der Waals surface area contributed by atoms with Gasteiger partial charge in [0.15, 0.2) is 23.0 Å². The summed E-state index contributed by atoms with van der Waals surface area (Å²) in [7, 11) is 8.04. The second kappa shape index (κ2) is 6.44. The fourth-order valence-electron chi connectivity index (χ4n) is 4.83. The highest BCUT2D eigenvalue weighted by atomic mass is 127. The summed E-state index contributed by atoms with van der Waals surface area (Å²) >= 11 is 0. The average Bonchev–Trinajstić information content (AvgIpc) is 3.11. The minimum Gasteiger partial charge on any atom is -1.00 e. The van der Waals surface area contributed by atoms with Gasteiger partial charge in [-0.05, 0) is 23.3 Å². The van der Waals surface area contributed by atoms with Crippen molar-refractivity contribution in [3.05, 3.63) is 34.9 Å². The van der Waals surface area contributed by atoms with Gasteiger partial charge < -0.3 is 47.4 Å². The molecule has 0 saturated carbocycles. The lowest BCUT2D eigenvalue weighted by atomic mass is 9.75. The smallest absolute Gasteiger partial charge is 0.231 e. The van der Waals surface area contributed by atoms with E-state index >= 15 is 0 Å². The fourth-order valence-corrected chi connectivity index (χ4v) is 4.83. The molecule has 2 aromatic rings. The maximum atomic E-state index is 5.94. The molecule has 5 nitrogen and oxygen atoms in total. The van der Waals surface area contributed by atoms with E-state index in [-0.39, 0.29) is 30.8 Å². The van der Waals surface area contributed by atoms with Crippen molar-refractivity contribution in [3.8, 4) is 34.1 Å². The van der Waals surface area contributed by atoms with Crippen molar-refractivity contribution in [1.29, 1.82) is 0 Å². The van der Waals surface area contributed by atoms with Crippen LogP contribution in [0.5, 0.6) is 23.0 Å². The first-order valence-electron chi connectivity index (χ1n) is 9.07. The van der Waals surface area contributed by atoms with Crippen LogP contribution in [-0.2, 0) is 12.8 Å². The maximum Gasteiger partial charge on any atom is 0.231 e. The Labute approximate surface area is 176 Å². The third-order valence-electron chi connectivity index (χ3n) is 6.22. The molecule has 6 heteroatoms. The topological polar surface area (TPSA) is 36.9 Å². The molecule has 0 N–H and O–H groups in total. The van der Waals surface area contributed by atoms with Gasteiger partial charge >= 0.3 is 0 Å². The molecule has 2 aliphatic heterocycles. The summed E-state index contributed by atoms with van der Waals surface area (Å²) in [5, 5.41) is 0. The minimum atomic E-state index is 0. The quantitative estimate of drug-likeness (QED) is 0.458. The van der Waals surface area contributed by atoms with Gasteiger partial charge in [0.05, 0.1) is 34.9 Å². The lowest BCUT2D eigenvalue weighted by molar-refractivity contribution is -0.923. The molecule has 0 spiro atoms. The third kappa shape index (κ3) is 2.52. The van der Waals surface area contributed by atoms with Crippen LogP contribution in [0, 0.1) is 0 Å². The molecule has 1 aliphatic carbocycles. The van der Waals surface area contributed by atoms with Gasteiger partial charge in [-0.25, -0.2) is 0 Å². The van der Waals surface area contributed by atoms with Crippen LogP contribution in [-0.4, -0.2) is 46.1 Å². The summed E-state index contributed by atoms with van der Waals surface area (Å²) in [5.74, 6) is 3.23. The SMILES string of the molecule is COc1ccc2c(c1OC)-c1c3c(cc4c1[C@H](C2)[N+](C)(C)CC4)OCO3.[I-]. The van der Waals surface area contributed by atoms with E-state index in [1.54, 1.807) is 14.2 Å². The Morgan fingerprint density at radius 3 is 2.59 bits per heavy atom. The number of hydrogen-bond donors (Lipinski definition) is 0. The van der Waals surface area contributed by atoms with E-state index < -0.39 is 0 Å². The summed E-state index contributed by atoms with van der Waals surface area (Å²) in [6.07, 6.45) is 2.03. The number of benzene rings is 2. The van der Waals surface area contributed by atoms with Crippen molar-refractivity contribution >= 4 is 0 Å². The summed E-state index contributed by atoms with van der Waals surface area (Å²) in [5.41, 5.74) is 6.29. The maximum absolute atomic E-state index is 5.94. The van der Waals surface area contributed by atoms with Gasteiger partial charge in [-0.1, -0.05) is 6.07 Å². The Balaban J connectivity index is 0.00000180. The first-order chi connectivity index (χ1) is 12.5. The van der Waals surface area contributed by atoms with Crippen molar-refractivity contribution in [2.45, 2.75) is 18.9 Å². The van der Waals surface area contributed by atoms with Gasteiger partial charge in [0.1, 0.15) is 6.04 Å². The predicted molar refractivity (Wildman–Crippen MR) is 98.2 cm³/mol. The zero-order valence-electron chi connectivity index (χ0n) is 16.1. The van der Waals surface area contributed by atoms with E-state index in [1.165, 1.54) is 16.7 Å². The Hall–Kier alpha value is -1.67. The van der Waals surface area contributed by atoms with E-state index in [1.807, 2.05) is 6.07 Å². The zero-order valence-corrected chi connectivity index (χ0v) is 18.3. The van der Waals surface area contributed by atoms with Crippen molar-refractivity contribution in [3.63, 3.8) is 0 Å². The van der Waals surface area contributed by atoms with E-state index in [9.17, 15) is 0 Å². The molecule has 0 unspecified atom stereocenters. The molecule has 1 atom stereocenters. The van der Waals surface area contributed by atoms with Crippen molar-refractivity contribution < 1.29 is 47.4 Å². The van der Waals surface area contributed by atoms with Crippen LogP contribution in [0.15, 0.2) is 18.2 Å². The van der Waals surface area contributed by atoms with E-state index in [4.69, 9.17) is 18.9 Å². The van der Waals surface area contributed by atoms with Gasteiger partial charge in [0.2, 0.25) is 6.79 Å². The fraction of sp³-hybridized carbons (Fsp3) is 0.429. The van der Waals surface area contributed by atoms with Crippen LogP contribution in [0.1, 0.15) is 22.7 Å². The number of fused-ring (bicyclic) bond motifs is 4. The molecule has 0 radical (unpaired) electrons. The van der Waals surface area contributed by atoms with Crippen LogP contribution < -0.4 is 42.9 Å². The Morgan fingerprint density at radius 2 is 1.85 bits per heavy atom. The van der Waals surface area contributed by atoms with Crippen LogP contribution in [0.3, 0.4) is 0 Å². The summed E-state index contributed by atoms with van der Waals surface area (Å²) in [6, 6.07) is 6.77. The van der Waals surface area contributed by atoms with Crippen LogP contribution in [0.2, 0.25) is 0 Å². The van der Waals surface area contributed by atoms with E-state index in [0.29, 0.717) is 6.04 Å². The Morgan fingerprint density at radius 1 is 1.04 bits per heavy atom. The molecular weight excluding hydrogens is 457 g/mol. The first kappa shape index (κ1) is 18.7. The minimum absolute atomic E-state index is 0. The third-order valence-corrected chi connectivity index (χ3v) is 6.22. The molecule has 0 saturated heterocycles. The van der Waals surface area contributed by atoms with Crippen molar-refractivity contribution in [2.75, 3.05) is 41.7 Å². The predicted octanol–water partition coefficient (Wildman–Crippen LogP) is 0.333. The Bertz CT molecular complexity index is 925. The summed E-state index contributed by atoms with van der Waals surface area (Å²) in [4.78, 5) is 0. The van der Waals surface area contributed by atoms with Crippen molar-refractivity contribution in [2.24, 2.45) is 0 Å². The number of hydrogen-bond acceptors (Lipinski definition) is 4. The van der Waals surface area contributed by atoms with Gasteiger partial charge in [-0.2, -0.15) is 0 Å². The highest BCUT2D eigenvalue weighted by Crippen LogP contribution is 2.58. The van der Waals surface area contributed by atoms with Gasteiger partial charge in [-0.3, -0.25) is 0 Å². The highest BCUT2D eigenvalue weighted by Gasteiger charge is 2.45. The number of halogens is 1. The average molecular weight is 481 g/mol. The molecule has 3 aliphatic rings. The number of methoxy groups -OCH3 is 2. The molecule has 2 heterocycles. The molecule has 27 heavy (non-hydrogen) atoms. The molecule has 0 bridgehead atoms. The summed E-state index contributed by atoms with van der Waals surface area (Å²) in [6.45, 7) is 1.40. The monoisotopic (exact) mass is 481 g/mol. The zero-order chi connectivity index (χ0) is 18.1. The molecule has 144 valence electrons. The van der Waals surface area contributed by atoms with Crippen LogP contribution >= 0.6 is 0 Å².